The van der Waals surface area contributed by atoms with Crippen LogP contribution in [0.3, 0.4) is 0 Å². The molecule has 0 spiro atoms. The minimum Gasteiger partial charge on any atom is -0.476 e. The van der Waals surface area contributed by atoms with Gasteiger partial charge in [0.05, 0.1) is 22.9 Å². The quantitative estimate of drug-likeness (QED) is 0.616. The van der Waals surface area contributed by atoms with Gasteiger partial charge in [-0.3, -0.25) is 19.2 Å². The molecule has 0 radical (unpaired) electrons. The van der Waals surface area contributed by atoms with Crippen LogP contribution in [0, 0.1) is 10.1 Å². The average molecular weight is 391 g/mol. The fraction of sp³-hybridized carbons (Fsp3) is 0.235. The van der Waals surface area contributed by atoms with Crippen LogP contribution in [0.15, 0.2) is 48.5 Å². The maximum atomic E-state index is 12.6. The number of anilines is 2. The summed E-state index contributed by atoms with van der Waals surface area (Å²) >= 11 is 0. The van der Waals surface area contributed by atoms with Gasteiger partial charge in [0.2, 0.25) is 10.0 Å². The molecule has 1 amide bonds. The summed E-state index contributed by atoms with van der Waals surface area (Å²) in [5.41, 5.74) is 0.429. The number of sulfonamides is 1. The van der Waals surface area contributed by atoms with E-state index in [0.717, 1.165) is 4.31 Å². The summed E-state index contributed by atoms with van der Waals surface area (Å²) in [6.45, 7) is 1.33. The first-order chi connectivity index (χ1) is 12.8. The van der Waals surface area contributed by atoms with Crippen molar-refractivity contribution in [3.63, 3.8) is 0 Å². The van der Waals surface area contributed by atoms with Crippen LogP contribution in [0.25, 0.3) is 0 Å². The van der Waals surface area contributed by atoms with Crippen molar-refractivity contribution >= 4 is 33.0 Å². The van der Waals surface area contributed by atoms with Gasteiger partial charge in [0.25, 0.3) is 11.6 Å². The summed E-state index contributed by atoms with van der Waals surface area (Å²) in [4.78, 5) is 22.9. The van der Waals surface area contributed by atoms with Crippen molar-refractivity contribution in [1.82, 2.24) is 0 Å². The number of rotatable bonds is 5. The summed E-state index contributed by atoms with van der Waals surface area (Å²) in [5.74, 6) is -0.443. The number of nitro groups is 1. The molecule has 1 heterocycles. The fourth-order valence-electron chi connectivity index (χ4n) is 2.68. The number of nitro benzene ring substituents is 1. The van der Waals surface area contributed by atoms with Crippen LogP contribution >= 0.6 is 0 Å². The van der Waals surface area contributed by atoms with Gasteiger partial charge in [-0.1, -0.05) is 18.2 Å². The molecule has 9 nitrogen and oxygen atoms in total. The highest BCUT2D eigenvalue weighted by atomic mass is 32.2. The predicted octanol–water partition coefficient (Wildman–Crippen LogP) is 2.15. The molecule has 1 unspecified atom stereocenters. The molecule has 0 saturated carbocycles. The summed E-state index contributed by atoms with van der Waals surface area (Å²) in [7, 11) is -3.61. The Morgan fingerprint density at radius 2 is 2.04 bits per heavy atom. The largest absolute Gasteiger partial charge is 0.476 e. The average Bonchev–Trinajstić information content (AvgIpc) is 2.67. The first kappa shape index (κ1) is 18.6. The minimum absolute atomic E-state index is 0.124. The highest BCUT2D eigenvalue weighted by Crippen LogP contribution is 2.35. The van der Waals surface area contributed by atoms with Gasteiger partial charge in [-0.25, -0.2) is 8.42 Å². The molecular weight excluding hydrogens is 374 g/mol. The van der Waals surface area contributed by atoms with Crippen molar-refractivity contribution in [1.29, 1.82) is 0 Å². The molecule has 142 valence electrons. The third-order valence-electron chi connectivity index (χ3n) is 4.05. The van der Waals surface area contributed by atoms with E-state index in [-0.39, 0.29) is 29.4 Å². The number of non-ortho nitro benzene ring substituents is 1. The van der Waals surface area contributed by atoms with Crippen molar-refractivity contribution in [2.24, 2.45) is 0 Å². The predicted molar refractivity (Wildman–Crippen MR) is 99.4 cm³/mol. The second-order valence-corrected chi connectivity index (χ2v) is 7.98. The molecule has 2 aromatic carbocycles. The second-order valence-electron chi connectivity index (χ2n) is 5.80. The van der Waals surface area contributed by atoms with Gasteiger partial charge in [0.1, 0.15) is 5.75 Å². The molecule has 1 atom stereocenters. The number of nitrogens with one attached hydrogen (secondary N) is 1. The topological polar surface area (TPSA) is 119 Å². The van der Waals surface area contributed by atoms with Crippen molar-refractivity contribution in [3.8, 4) is 5.75 Å². The number of hydrogen-bond donors (Lipinski definition) is 1. The third kappa shape index (κ3) is 3.85. The molecule has 0 fully saturated rings. The number of carbonyl (C=O) groups is 1. The van der Waals surface area contributed by atoms with Gasteiger partial charge in [-0.05, 0) is 25.1 Å². The summed E-state index contributed by atoms with van der Waals surface area (Å²) in [5, 5.41) is 13.4. The van der Waals surface area contributed by atoms with E-state index in [1.165, 1.54) is 31.2 Å². The van der Waals surface area contributed by atoms with Crippen LogP contribution in [0.4, 0.5) is 17.1 Å². The third-order valence-corrected chi connectivity index (χ3v) is 5.80. The Morgan fingerprint density at radius 3 is 2.74 bits per heavy atom. The molecule has 1 aliphatic rings. The number of nitrogens with zero attached hydrogens (tertiary/aromatic N) is 2. The molecule has 1 aliphatic heterocycles. The van der Waals surface area contributed by atoms with Crippen LogP contribution in [-0.4, -0.2) is 37.6 Å². The number of para-hydroxylation sites is 2. The van der Waals surface area contributed by atoms with E-state index in [2.05, 4.69) is 5.32 Å². The van der Waals surface area contributed by atoms with Crippen LogP contribution in [0.1, 0.15) is 6.92 Å². The van der Waals surface area contributed by atoms with Gasteiger partial charge < -0.3 is 10.1 Å². The first-order valence-electron chi connectivity index (χ1n) is 8.13. The number of hydrogen-bond acceptors (Lipinski definition) is 6. The second kappa shape index (κ2) is 7.23. The van der Waals surface area contributed by atoms with E-state index < -0.39 is 27.0 Å². The Hall–Kier alpha value is -3.14. The summed E-state index contributed by atoms with van der Waals surface area (Å²) in [6, 6.07) is 12.0. The summed E-state index contributed by atoms with van der Waals surface area (Å²) < 4.78 is 31.7. The van der Waals surface area contributed by atoms with Crippen molar-refractivity contribution in [2.75, 3.05) is 21.9 Å². The van der Waals surface area contributed by atoms with Crippen LogP contribution in [-0.2, 0) is 14.8 Å². The highest BCUT2D eigenvalue weighted by Gasteiger charge is 2.36. The molecule has 10 heteroatoms. The van der Waals surface area contributed by atoms with Crippen molar-refractivity contribution in [3.05, 3.63) is 58.6 Å². The zero-order valence-corrected chi connectivity index (χ0v) is 15.2. The smallest absolute Gasteiger partial charge is 0.271 e. The van der Waals surface area contributed by atoms with Gasteiger partial charge >= 0.3 is 0 Å². The van der Waals surface area contributed by atoms with Gasteiger partial charge in [-0.15, -0.1) is 0 Å². The van der Waals surface area contributed by atoms with E-state index in [1.54, 1.807) is 24.3 Å². The maximum Gasteiger partial charge on any atom is 0.271 e. The van der Waals surface area contributed by atoms with Gasteiger partial charge in [0, 0.05) is 17.8 Å². The summed E-state index contributed by atoms with van der Waals surface area (Å²) in [6.07, 6.45) is -1.10. The molecule has 0 aromatic heterocycles. The van der Waals surface area contributed by atoms with E-state index in [4.69, 9.17) is 4.74 Å². The molecule has 0 aliphatic carbocycles. The normalized spacial score (nSPS) is 16.2. The number of benzene rings is 2. The Bertz CT molecular complexity index is 992. The number of fused-ring (bicyclic) bond motifs is 1. The Morgan fingerprint density at radius 1 is 1.30 bits per heavy atom. The molecule has 0 bridgehead atoms. The maximum absolute atomic E-state index is 12.6. The minimum atomic E-state index is -3.61. The Kier molecular flexibility index (Phi) is 5.00. The first-order valence-corrected chi connectivity index (χ1v) is 9.74. The van der Waals surface area contributed by atoms with Gasteiger partial charge in [0.15, 0.2) is 6.10 Å². The molecule has 0 saturated heterocycles. The van der Waals surface area contributed by atoms with Crippen LogP contribution in [0.5, 0.6) is 5.75 Å². The highest BCUT2D eigenvalue weighted by molar-refractivity contribution is 7.92. The van der Waals surface area contributed by atoms with E-state index in [9.17, 15) is 23.3 Å². The lowest BCUT2D eigenvalue weighted by Gasteiger charge is -2.34. The zero-order valence-electron chi connectivity index (χ0n) is 14.4. The Balaban J connectivity index is 1.86. The Labute approximate surface area is 155 Å². The van der Waals surface area contributed by atoms with Crippen LogP contribution < -0.4 is 14.4 Å². The standard InChI is InChI=1S/C17H17N3O6S/c1-2-27(24,25)19-11-16(26-15-9-4-3-8-14(15)19)17(21)18-12-6-5-7-13(10-12)20(22)23/h3-10,16H,2,11H2,1H3,(H,18,21). The number of amides is 1. The molecular formula is C17H17N3O6S. The van der Waals surface area contributed by atoms with E-state index in [1.807, 2.05) is 0 Å². The number of carbonyl (C=O) groups excluding carboxylic acids is 1. The zero-order chi connectivity index (χ0) is 19.6. The van der Waals surface area contributed by atoms with Crippen molar-refractivity contribution < 1.29 is 22.9 Å². The molecule has 2 aromatic rings. The monoisotopic (exact) mass is 391 g/mol. The SMILES string of the molecule is CCS(=O)(=O)N1CC(C(=O)Nc2cccc([N+](=O)[O-])c2)Oc2ccccc21. The lowest BCUT2D eigenvalue weighted by atomic mass is 10.2. The van der Waals surface area contributed by atoms with E-state index in [0.29, 0.717) is 5.69 Å². The lowest BCUT2D eigenvalue weighted by molar-refractivity contribution is -0.384. The van der Waals surface area contributed by atoms with Crippen LogP contribution in [0.2, 0.25) is 0 Å². The lowest BCUT2D eigenvalue weighted by Crippen LogP contribution is -2.49. The van der Waals surface area contributed by atoms with Crippen molar-refractivity contribution in [2.45, 2.75) is 13.0 Å². The molecule has 3 rings (SSSR count). The van der Waals surface area contributed by atoms with Gasteiger partial charge in [-0.2, -0.15) is 0 Å². The van der Waals surface area contributed by atoms with E-state index >= 15 is 0 Å². The molecule has 27 heavy (non-hydrogen) atoms. The number of ether oxygens (including phenoxy) is 1. The molecule has 1 N–H and O–H groups in total. The fourth-order valence-corrected chi connectivity index (χ4v) is 3.80.